The van der Waals surface area contributed by atoms with Crippen LogP contribution in [0.2, 0.25) is 0 Å². The minimum atomic E-state index is -1.58. The van der Waals surface area contributed by atoms with Crippen LogP contribution in [0.5, 0.6) is 0 Å². The summed E-state index contributed by atoms with van der Waals surface area (Å²) in [6, 6.07) is -5.39. The summed E-state index contributed by atoms with van der Waals surface area (Å²) in [6.45, 7) is 7.89. The van der Waals surface area contributed by atoms with Crippen LogP contribution in [0.1, 0.15) is 47.5 Å². The molecule has 6 unspecified atom stereocenters. The molecule has 0 rings (SSSR count). The standard InChI is InChI=1S/C19H34N4O8/c1-6-9(4)14(19(30)31)22-18(29)15(10(5)24)23-16(27)11(7-12(25)26)21-17(28)13(20)8(2)3/h8-11,13-15,24H,6-7,20H2,1-5H3,(H,21,28)(H,22,29)(H,23,27)(H,25,26)(H,30,31). The largest absolute Gasteiger partial charge is 0.481 e. The van der Waals surface area contributed by atoms with E-state index in [1.54, 1.807) is 27.7 Å². The van der Waals surface area contributed by atoms with Gasteiger partial charge in [-0.3, -0.25) is 19.2 Å². The molecule has 0 aromatic rings. The third-order valence-electron chi connectivity index (χ3n) is 4.87. The van der Waals surface area contributed by atoms with E-state index < -0.39 is 72.3 Å². The monoisotopic (exact) mass is 446 g/mol. The molecule has 0 aromatic carbocycles. The van der Waals surface area contributed by atoms with E-state index in [-0.39, 0.29) is 5.92 Å². The third kappa shape index (κ3) is 9.30. The van der Waals surface area contributed by atoms with Crippen molar-refractivity contribution in [3.63, 3.8) is 0 Å². The molecule has 0 bridgehead atoms. The second kappa shape index (κ2) is 12.8. The van der Waals surface area contributed by atoms with E-state index in [9.17, 15) is 34.2 Å². The molecule has 12 heteroatoms. The first-order chi connectivity index (χ1) is 14.2. The van der Waals surface area contributed by atoms with Gasteiger partial charge in [0.1, 0.15) is 18.1 Å². The number of carboxylic acids is 2. The normalized spacial score (nSPS) is 16.9. The minimum Gasteiger partial charge on any atom is -0.481 e. The molecule has 0 saturated carbocycles. The molecule has 8 N–H and O–H groups in total. The van der Waals surface area contributed by atoms with E-state index in [0.717, 1.165) is 0 Å². The fourth-order valence-electron chi connectivity index (χ4n) is 2.54. The van der Waals surface area contributed by atoms with Crippen molar-refractivity contribution in [2.45, 2.75) is 77.7 Å². The molecule has 3 amide bonds. The van der Waals surface area contributed by atoms with Crippen LogP contribution in [0.15, 0.2) is 0 Å². The number of carboxylic acid groups (broad SMARTS) is 2. The number of nitrogens with two attached hydrogens (primary N) is 1. The van der Waals surface area contributed by atoms with Crippen LogP contribution in [-0.2, 0) is 24.0 Å². The lowest BCUT2D eigenvalue weighted by Gasteiger charge is -2.27. The van der Waals surface area contributed by atoms with E-state index in [1.807, 2.05) is 0 Å². The fourth-order valence-corrected chi connectivity index (χ4v) is 2.54. The Labute approximate surface area is 180 Å². The van der Waals surface area contributed by atoms with Crippen molar-refractivity contribution in [1.82, 2.24) is 16.0 Å². The molecule has 178 valence electrons. The zero-order valence-corrected chi connectivity index (χ0v) is 18.4. The van der Waals surface area contributed by atoms with E-state index >= 15 is 0 Å². The average Bonchev–Trinajstić information content (AvgIpc) is 2.66. The van der Waals surface area contributed by atoms with Gasteiger partial charge in [0.25, 0.3) is 0 Å². The number of amides is 3. The highest BCUT2D eigenvalue weighted by atomic mass is 16.4. The van der Waals surface area contributed by atoms with E-state index in [1.165, 1.54) is 6.92 Å². The SMILES string of the molecule is CCC(C)C(NC(=O)C(NC(=O)C(CC(=O)O)NC(=O)C(N)C(C)C)C(C)O)C(=O)O. The second-order valence-electron chi connectivity index (χ2n) is 7.87. The molecule has 0 fully saturated rings. The number of hydrogen-bond donors (Lipinski definition) is 7. The number of nitrogens with one attached hydrogen (secondary N) is 3. The van der Waals surface area contributed by atoms with Crippen LogP contribution >= 0.6 is 0 Å². The third-order valence-corrected chi connectivity index (χ3v) is 4.87. The first kappa shape index (κ1) is 28.3. The molecule has 0 aliphatic heterocycles. The number of hydrogen-bond acceptors (Lipinski definition) is 7. The van der Waals surface area contributed by atoms with Crippen molar-refractivity contribution in [2.75, 3.05) is 0 Å². The molecular weight excluding hydrogens is 412 g/mol. The molecule has 0 aliphatic carbocycles. The predicted molar refractivity (Wildman–Crippen MR) is 110 cm³/mol. The summed E-state index contributed by atoms with van der Waals surface area (Å²) in [5.41, 5.74) is 5.71. The number of rotatable bonds is 13. The van der Waals surface area contributed by atoms with E-state index in [4.69, 9.17) is 10.8 Å². The molecule has 0 saturated heterocycles. The summed E-state index contributed by atoms with van der Waals surface area (Å²) in [5.74, 6) is -6.13. The van der Waals surface area contributed by atoms with Gasteiger partial charge in [-0.2, -0.15) is 0 Å². The van der Waals surface area contributed by atoms with Crippen molar-refractivity contribution < 1.29 is 39.3 Å². The molecule has 0 aliphatic rings. The summed E-state index contributed by atoms with van der Waals surface area (Å²) in [7, 11) is 0. The van der Waals surface area contributed by atoms with Gasteiger partial charge in [-0.25, -0.2) is 4.79 Å². The first-order valence-electron chi connectivity index (χ1n) is 10.0. The summed E-state index contributed by atoms with van der Waals surface area (Å²) < 4.78 is 0. The van der Waals surface area contributed by atoms with Crippen molar-refractivity contribution in [2.24, 2.45) is 17.6 Å². The van der Waals surface area contributed by atoms with Gasteiger partial charge < -0.3 is 37.0 Å². The number of aliphatic carboxylic acids is 2. The summed E-state index contributed by atoms with van der Waals surface area (Å²) in [6.07, 6.45) is -1.78. The van der Waals surface area contributed by atoms with Gasteiger partial charge in [-0.15, -0.1) is 0 Å². The van der Waals surface area contributed by atoms with Gasteiger partial charge in [0, 0.05) is 0 Å². The topological polar surface area (TPSA) is 208 Å². The lowest BCUT2D eigenvalue weighted by atomic mass is 9.98. The molecule has 6 atom stereocenters. The Hall–Kier alpha value is -2.73. The van der Waals surface area contributed by atoms with Crippen molar-refractivity contribution in [3.8, 4) is 0 Å². The van der Waals surface area contributed by atoms with Gasteiger partial charge in [0.15, 0.2) is 0 Å². The highest BCUT2D eigenvalue weighted by molar-refractivity contribution is 5.95. The van der Waals surface area contributed by atoms with Gasteiger partial charge in [-0.1, -0.05) is 34.1 Å². The maximum Gasteiger partial charge on any atom is 0.326 e. The van der Waals surface area contributed by atoms with Crippen LogP contribution in [0.3, 0.4) is 0 Å². The maximum atomic E-state index is 12.6. The van der Waals surface area contributed by atoms with Gasteiger partial charge in [0.05, 0.1) is 18.6 Å². The quantitative estimate of drug-likeness (QED) is 0.174. The molecule has 0 radical (unpaired) electrons. The summed E-state index contributed by atoms with van der Waals surface area (Å²) >= 11 is 0. The molecule has 31 heavy (non-hydrogen) atoms. The van der Waals surface area contributed by atoms with Gasteiger partial charge in [-0.05, 0) is 18.8 Å². The lowest BCUT2D eigenvalue weighted by molar-refractivity contribution is -0.145. The van der Waals surface area contributed by atoms with E-state index in [2.05, 4.69) is 16.0 Å². The van der Waals surface area contributed by atoms with Crippen molar-refractivity contribution in [1.29, 1.82) is 0 Å². The zero-order valence-electron chi connectivity index (χ0n) is 18.4. The highest BCUT2D eigenvalue weighted by Gasteiger charge is 2.34. The predicted octanol–water partition coefficient (Wildman–Crippen LogP) is -1.59. The Morgan fingerprint density at radius 3 is 1.74 bits per heavy atom. The Balaban J connectivity index is 5.50. The van der Waals surface area contributed by atoms with Crippen LogP contribution in [0.4, 0.5) is 0 Å². The Morgan fingerprint density at radius 2 is 1.35 bits per heavy atom. The van der Waals surface area contributed by atoms with Crippen molar-refractivity contribution >= 4 is 29.7 Å². The molecule has 12 nitrogen and oxygen atoms in total. The smallest absolute Gasteiger partial charge is 0.326 e. The zero-order chi connectivity index (χ0) is 24.5. The maximum absolute atomic E-state index is 12.6. The molecule has 0 spiro atoms. The van der Waals surface area contributed by atoms with E-state index in [0.29, 0.717) is 6.42 Å². The van der Waals surface area contributed by atoms with Crippen LogP contribution in [0.25, 0.3) is 0 Å². The van der Waals surface area contributed by atoms with Gasteiger partial charge in [0.2, 0.25) is 17.7 Å². The Kier molecular flexibility index (Phi) is 11.7. The van der Waals surface area contributed by atoms with Crippen molar-refractivity contribution in [3.05, 3.63) is 0 Å². The highest BCUT2D eigenvalue weighted by Crippen LogP contribution is 2.09. The summed E-state index contributed by atoms with van der Waals surface area (Å²) in [4.78, 5) is 59.9. The number of aliphatic hydroxyl groups excluding tert-OH is 1. The lowest BCUT2D eigenvalue weighted by Crippen LogP contribution is -2.60. The first-order valence-corrected chi connectivity index (χ1v) is 10.0. The fraction of sp³-hybridized carbons (Fsp3) is 0.737. The molecular formula is C19H34N4O8. The van der Waals surface area contributed by atoms with Crippen LogP contribution < -0.4 is 21.7 Å². The van der Waals surface area contributed by atoms with Crippen LogP contribution in [0, 0.1) is 11.8 Å². The number of carbonyl (C=O) groups excluding carboxylic acids is 3. The Morgan fingerprint density at radius 1 is 0.839 bits per heavy atom. The second-order valence-corrected chi connectivity index (χ2v) is 7.87. The summed E-state index contributed by atoms with van der Waals surface area (Å²) in [5, 5.41) is 35.0. The number of aliphatic hydroxyl groups is 1. The Bertz CT molecular complexity index is 667. The van der Waals surface area contributed by atoms with Gasteiger partial charge >= 0.3 is 11.9 Å². The molecule has 0 aromatic heterocycles. The number of carbonyl (C=O) groups is 5. The molecule has 0 heterocycles. The van der Waals surface area contributed by atoms with Crippen LogP contribution in [-0.4, -0.2) is 75.3 Å². The minimum absolute atomic E-state index is 0.280. The average molecular weight is 447 g/mol.